The molecule has 1 N–H and O–H groups in total. The highest BCUT2D eigenvalue weighted by Crippen LogP contribution is 2.36. The molecule has 17 heavy (non-hydrogen) atoms. The maximum Gasteiger partial charge on any atom is 0.134 e. The molecule has 1 aromatic carbocycles. The van der Waals surface area contributed by atoms with Crippen LogP contribution >= 0.6 is 15.9 Å². The molecule has 0 spiro atoms. The first-order valence-electron chi connectivity index (χ1n) is 5.79. The molecule has 2 aromatic rings. The standard InChI is InChI=1S/C14H18BrNO/c1-14(2,3)13-10-7-9(15)5-6-11(10)17-12(13)8-16-4/h5-7,16H,8H2,1-4H3. The quantitative estimate of drug-likeness (QED) is 0.898. The van der Waals surface area contributed by atoms with Crippen LogP contribution in [0.2, 0.25) is 0 Å². The van der Waals surface area contributed by atoms with Crippen molar-refractivity contribution in [3.63, 3.8) is 0 Å². The van der Waals surface area contributed by atoms with E-state index in [0.717, 1.165) is 22.4 Å². The van der Waals surface area contributed by atoms with E-state index in [-0.39, 0.29) is 5.41 Å². The molecule has 0 bridgehead atoms. The van der Waals surface area contributed by atoms with Crippen molar-refractivity contribution in [3.8, 4) is 0 Å². The van der Waals surface area contributed by atoms with E-state index in [0.29, 0.717) is 0 Å². The van der Waals surface area contributed by atoms with E-state index < -0.39 is 0 Å². The van der Waals surface area contributed by atoms with Crippen molar-refractivity contribution >= 4 is 26.9 Å². The van der Waals surface area contributed by atoms with Crippen LogP contribution in [0.1, 0.15) is 32.1 Å². The Hall–Kier alpha value is -0.800. The number of fused-ring (bicyclic) bond motifs is 1. The second kappa shape index (κ2) is 4.46. The lowest BCUT2D eigenvalue weighted by Gasteiger charge is -2.19. The maximum atomic E-state index is 5.94. The van der Waals surface area contributed by atoms with Crippen LogP contribution in [0.4, 0.5) is 0 Å². The van der Waals surface area contributed by atoms with E-state index in [1.807, 2.05) is 19.2 Å². The minimum atomic E-state index is 0.0816. The Labute approximate surface area is 111 Å². The van der Waals surface area contributed by atoms with Crippen molar-refractivity contribution in [2.24, 2.45) is 0 Å². The zero-order valence-electron chi connectivity index (χ0n) is 10.7. The summed E-state index contributed by atoms with van der Waals surface area (Å²) < 4.78 is 7.03. The maximum absolute atomic E-state index is 5.94. The summed E-state index contributed by atoms with van der Waals surface area (Å²) >= 11 is 3.52. The molecule has 0 saturated carbocycles. The van der Waals surface area contributed by atoms with Gasteiger partial charge in [-0.15, -0.1) is 0 Å². The van der Waals surface area contributed by atoms with Gasteiger partial charge in [0.1, 0.15) is 11.3 Å². The van der Waals surface area contributed by atoms with Crippen molar-refractivity contribution in [3.05, 3.63) is 34.0 Å². The van der Waals surface area contributed by atoms with E-state index in [9.17, 15) is 0 Å². The van der Waals surface area contributed by atoms with Crippen molar-refractivity contribution in [1.29, 1.82) is 0 Å². The monoisotopic (exact) mass is 295 g/mol. The highest BCUT2D eigenvalue weighted by atomic mass is 79.9. The summed E-state index contributed by atoms with van der Waals surface area (Å²) in [5, 5.41) is 4.37. The van der Waals surface area contributed by atoms with Gasteiger partial charge < -0.3 is 9.73 Å². The largest absolute Gasteiger partial charge is 0.459 e. The smallest absolute Gasteiger partial charge is 0.134 e. The predicted molar refractivity (Wildman–Crippen MR) is 75.4 cm³/mol. The molecule has 0 amide bonds. The number of nitrogens with one attached hydrogen (secondary N) is 1. The molecule has 0 aliphatic heterocycles. The molecular weight excluding hydrogens is 278 g/mol. The van der Waals surface area contributed by atoms with Crippen LogP contribution in [0.15, 0.2) is 27.1 Å². The first-order chi connectivity index (χ1) is 7.93. The second-order valence-electron chi connectivity index (χ2n) is 5.32. The summed E-state index contributed by atoms with van der Waals surface area (Å²) in [5.41, 5.74) is 2.34. The highest BCUT2D eigenvalue weighted by molar-refractivity contribution is 9.10. The molecule has 0 atom stereocenters. The third-order valence-corrected chi connectivity index (χ3v) is 3.30. The molecule has 0 radical (unpaired) electrons. The Bertz CT molecular complexity index is 537. The summed E-state index contributed by atoms with van der Waals surface area (Å²) in [7, 11) is 1.94. The molecule has 2 rings (SSSR count). The van der Waals surface area contributed by atoms with Gasteiger partial charge in [-0.25, -0.2) is 0 Å². The summed E-state index contributed by atoms with van der Waals surface area (Å²) in [5.74, 6) is 1.04. The zero-order chi connectivity index (χ0) is 12.6. The molecule has 0 aliphatic carbocycles. The molecule has 1 aromatic heterocycles. The average molecular weight is 296 g/mol. The van der Waals surface area contributed by atoms with Crippen LogP contribution in [0.25, 0.3) is 11.0 Å². The van der Waals surface area contributed by atoms with Crippen LogP contribution in [0.5, 0.6) is 0 Å². The van der Waals surface area contributed by atoms with Crippen molar-refractivity contribution in [1.82, 2.24) is 5.32 Å². The fourth-order valence-electron chi connectivity index (χ4n) is 2.23. The normalized spacial score (nSPS) is 12.3. The van der Waals surface area contributed by atoms with Gasteiger partial charge in [0, 0.05) is 15.4 Å². The fraction of sp³-hybridized carbons (Fsp3) is 0.429. The van der Waals surface area contributed by atoms with Crippen LogP contribution < -0.4 is 5.32 Å². The number of rotatable bonds is 2. The van der Waals surface area contributed by atoms with Gasteiger partial charge in [-0.2, -0.15) is 0 Å². The van der Waals surface area contributed by atoms with E-state index in [4.69, 9.17) is 4.42 Å². The lowest BCUT2D eigenvalue weighted by molar-refractivity contribution is 0.495. The minimum absolute atomic E-state index is 0.0816. The van der Waals surface area contributed by atoms with Crippen molar-refractivity contribution in [2.45, 2.75) is 32.7 Å². The van der Waals surface area contributed by atoms with Gasteiger partial charge in [0.15, 0.2) is 0 Å². The molecular formula is C14H18BrNO. The predicted octanol–water partition coefficient (Wildman–Crippen LogP) is 4.21. The highest BCUT2D eigenvalue weighted by Gasteiger charge is 2.24. The fourth-order valence-corrected chi connectivity index (χ4v) is 2.59. The topological polar surface area (TPSA) is 25.2 Å². The molecule has 3 heteroatoms. The Morgan fingerprint density at radius 1 is 1.29 bits per heavy atom. The van der Waals surface area contributed by atoms with E-state index in [1.54, 1.807) is 0 Å². The van der Waals surface area contributed by atoms with Gasteiger partial charge in [0.05, 0.1) is 6.54 Å². The lowest BCUT2D eigenvalue weighted by Crippen LogP contribution is -2.15. The molecule has 0 unspecified atom stereocenters. The Morgan fingerprint density at radius 3 is 2.59 bits per heavy atom. The van der Waals surface area contributed by atoms with E-state index in [2.05, 4.69) is 48.1 Å². The SMILES string of the molecule is CNCc1oc2ccc(Br)cc2c1C(C)(C)C. The first kappa shape index (κ1) is 12.7. The van der Waals surface area contributed by atoms with Gasteiger partial charge in [-0.3, -0.25) is 0 Å². The van der Waals surface area contributed by atoms with Gasteiger partial charge in [-0.05, 0) is 30.7 Å². The molecule has 1 heterocycles. The number of hydrogen-bond donors (Lipinski definition) is 1. The van der Waals surface area contributed by atoms with E-state index >= 15 is 0 Å². The third-order valence-electron chi connectivity index (χ3n) is 2.81. The summed E-state index contributed by atoms with van der Waals surface area (Å²) in [6.07, 6.45) is 0. The van der Waals surface area contributed by atoms with Gasteiger partial charge in [-0.1, -0.05) is 36.7 Å². The Balaban J connectivity index is 2.73. The Kier molecular flexibility index (Phi) is 3.32. The van der Waals surface area contributed by atoms with Crippen molar-refractivity contribution in [2.75, 3.05) is 7.05 Å². The lowest BCUT2D eigenvalue weighted by atomic mass is 9.85. The van der Waals surface area contributed by atoms with Gasteiger partial charge in [0.25, 0.3) is 0 Å². The van der Waals surface area contributed by atoms with Crippen molar-refractivity contribution < 1.29 is 4.42 Å². The van der Waals surface area contributed by atoms with Crippen LogP contribution in [0, 0.1) is 0 Å². The average Bonchev–Trinajstić information content (AvgIpc) is 2.54. The first-order valence-corrected chi connectivity index (χ1v) is 6.59. The zero-order valence-corrected chi connectivity index (χ0v) is 12.3. The number of benzene rings is 1. The molecule has 0 fully saturated rings. The molecule has 2 nitrogen and oxygen atoms in total. The number of furan rings is 1. The molecule has 0 saturated heterocycles. The molecule has 92 valence electrons. The van der Waals surface area contributed by atoms with Gasteiger partial charge in [0.2, 0.25) is 0 Å². The summed E-state index contributed by atoms with van der Waals surface area (Å²) in [6, 6.07) is 6.17. The second-order valence-corrected chi connectivity index (χ2v) is 6.24. The summed E-state index contributed by atoms with van der Waals surface area (Å²) in [6.45, 7) is 7.42. The Morgan fingerprint density at radius 2 is 2.00 bits per heavy atom. The number of hydrogen-bond acceptors (Lipinski definition) is 2. The van der Waals surface area contributed by atoms with E-state index in [1.165, 1.54) is 10.9 Å². The minimum Gasteiger partial charge on any atom is -0.459 e. The summed E-state index contributed by atoms with van der Waals surface area (Å²) in [4.78, 5) is 0. The van der Waals surface area contributed by atoms with Crippen LogP contribution in [-0.2, 0) is 12.0 Å². The third kappa shape index (κ3) is 2.40. The van der Waals surface area contributed by atoms with Gasteiger partial charge >= 0.3 is 0 Å². The van der Waals surface area contributed by atoms with Crippen LogP contribution in [-0.4, -0.2) is 7.05 Å². The molecule has 0 aliphatic rings. The van der Waals surface area contributed by atoms with Crippen LogP contribution in [0.3, 0.4) is 0 Å². The number of halogens is 1.